The lowest BCUT2D eigenvalue weighted by Gasteiger charge is -2.17. The molecule has 0 aromatic heterocycles. The minimum absolute atomic E-state index is 0.549. The van der Waals surface area contributed by atoms with Crippen molar-refractivity contribution < 1.29 is 12.2 Å². The maximum absolute atomic E-state index is 7.73. The number of methoxy groups -OCH3 is 2. The van der Waals surface area contributed by atoms with Crippen molar-refractivity contribution in [3.05, 3.63) is 59.7 Å². The van der Waals surface area contributed by atoms with E-state index in [0.29, 0.717) is 13.1 Å². The van der Waals surface area contributed by atoms with Crippen LogP contribution in [-0.2, 0) is 13.1 Å². The topological polar surface area (TPSA) is 21.7 Å². The maximum atomic E-state index is 7.73. The van der Waals surface area contributed by atoms with Crippen LogP contribution in [0.15, 0.2) is 48.5 Å². The molecule has 0 spiro atoms. The lowest BCUT2D eigenvalue weighted by molar-refractivity contribution is 0.318. The van der Waals surface area contributed by atoms with E-state index in [-0.39, 0.29) is 0 Å². The van der Waals surface area contributed by atoms with Crippen LogP contribution in [0.25, 0.3) is 0 Å². The summed E-state index contributed by atoms with van der Waals surface area (Å²) in [5.41, 5.74) is 2.11. The third-order valence-electron chi connectivity index (χ3n) is 3.09. The first-order chi connectivity index (χ1) is 10.6. The molecule has 3 nitrogen and oxygen atoms in total. The first kappa shape index (κ1) is 11.8. The lowest BCUT2D eigenvalue weighted by Crippen LogP contribution is -2.17. The highest BCUT2D eigenvalue weighted by Crippen LogP contribution is 2.15. The van der Waals surface area contributed by atoms with Crippen molar-refractivity contribution in [2.75, 3.05) is 21.2 Å². The number of rotatable bonds is 6. The van der Waals surface area contributed by atoms with Crippen LogP contribution in [-0.4, -0.2) is 26.1 Å². The molecule has 0 atom stereocenters. The smallest absolute Gasteiger partial charge is 0.118 e. The summed E-state index contributed by atoms with van der Waals surface area (Å²) >= 11 is 0. The number of ether oxygens (including phenoxy) is 2. The predicted molar refractivity (Wildman–Crippen MR) is 81.2 cm³/mol. The van der Waals surface area contributed by atoms with E-state index >= 15 is 0 Å². The van der Waals surface area contributed by atoms with Gasteiger partial charge >= 0.3 is 0 Å². The van der Waals surface area contributed by atoms with Gasteiger partial charge < -0.3 is 9.47 Å². The highest BCUT2D eigenvalue weighted by atomic mass is 16.5. The second-order valence-electron chi connectivity index (χ2n) is 4.60. The average Bonchev–Trinajstić information content (AvgIpc) is 2.55. The summed E-state index contributed by atoms with van der Waals surface area (Å²) < 4.78 is 25.7. The van der Waals surface area contributed by atoms with Crippen molar-refractivity contribution in [1.82, 2.24) is 4.90 Å². The van der Waals surface area contributed by atoms with E-state index in [1.165, 1.54) is 0 Å². The Morgan fingerprint density at radius 2 is 1.20 bits per heavy atom. The Morgan fingerprint density at radius 1 is 0.800 bits per heavy atom. The predicted octanol–water partition coefficient (Wildman–Crippen LogP) is 3.34. The second-order valence-corrected chi connectivity index (χ2v) is 4.60. The fourth-order valence-corrected chi connectivity index (χ4v) is 1.99. The molecule has 0 heterocycles. The SMILES string of the molecule is [2H]C([2H])N(Cc1ccc(OC)cc1)Cc1ccc(OC)cc1. The highest BCUT2D eigenvalue weighted by Gasteiger charge is 2.03. The molecule has 0 N–H and O–H groups in total. The van der Waals surface area contributed by atoms with Crippen LogP contribution in [0.5, 0.6) is 11.5 Å². The summed E-state index contributed by atoms with van der Waals surface area (Å²) in [5, 5.41) is 0. The van der Waals surface area contributed by atoms with E-state index < -0.39 is 7.00 Å². The summed E-state index contributed by atoms with van der Waals surface area (Å²) in [6.07, 6.45) is 0. The van der Waals surface area contributed by atoms with Crippen molar-refractivity contribution in [3.8, 4) is 11.5 Å². The zero-order chi connectivity index (χ0) is 15.9. The molecule has 0 bridgehead atoms. The third kappa shape index (κ3) is 4.00. The molecule has 2 aromatic carbocycles. The molecular formula is C17H21NO2. The quantitative estimate of drug-likeness (QED) is 0.805. The largest absolute Gasteiger partial charge is 0.497 e. The van der Waals surface area contributed by atoms with Crippen molar-refractivity contribution in [3.63, 3.8) is 0 Å². The molecule has 0 aliphatic heterocycles. The van der Waals surface area contributed by atoms with Crippen LogP contribution in [0, 0.1) is 0 Å². The number of nitrogens with zero attached hydrogens (tertiary/aromatic N) is 1. The molecule has 0 aliphatic carbocycles. The van der Waals surface area contributed by atoms with Gasteiger partial charge in [0.05, 0.1) is 14.2 Å². The molecule has 0 saturated heterocycles. The van der Waals surface area contributed by atoms with E-state index in [1.807, 2.05) is 48.5 Å². The molecule has 106 valence electrons. The first-order valence-electron chi connectivity index (χ1n) is 7.62. The normalized spacial score (nSPS) is 12.2. The van der Waals surface area contributed by atoms with E-state index in [2.05, 4.69) is 0 Å². The van der Waals surface area contributed by atoms with Crippen molar-refractivity contribution in [2.45, 2.75) is 13.1 Å². The van der Waals surface area contributed by atoms with Gasteiger partial charge in [0.1, 0.15) is 11.5 Å². The van der Waals surface area contributed by atoms with Gasteiger partial charge in [-0.05, 0) is 42.4 Å². The summed E-state index contributed by atoms with van der Waals surface area (Å²) in [5.74, 6) is 1.61. The molecule has 2 rings (SSSR count). The molecule has 0 amide bonds. The van der Waals surface area contributed by atoms with Crippen LogP contribution in [0.3, 0.4) is 0 Å². The van der Waals surface area contributed by atoms with Gasteiger partial charge in [-0.2, -0.15) is 0 Å². The van der Waals surface area contributed by atoms with Crippen LogP contribution < -0.4 is 9.47 Å². The Labute approximate surface area is 123 Å². The molecule has 2 aromatic rings. The van der Waals surface area contributed by atoms with Gasteiger partial charge in [-0.3, -0.25) is 4.90 Å². The average molecular weight is 273 g/mol. The first-order valence-corrected chi connectivity index (χ1v) is 6.47. The minimum Gasteiger partial charge on any atom is -0.497 e. The third-order valence-corrected chi connectivity index (χ3v) is 3.09. The Hall–Kier alpha value is -2.00. The number of benzene rings is 2. The second kappa shape index (κ2) is 6.96. The van der Waals surface area contributed by atoms with Crippen LogP contribution in [0.4, 0.5) is 0 Å². The van der Waals surface area contributed by atoms with Gasteiger partial charge in [0.2, 0.25) is 0 Å². The Bertz CT molecular complexity index is 521. The zero-order valence-electron chi connectivity index (χ0n) is 13.9. The Balaban J connectivity index is 2.05. The van der Waals surface area contributed by atoms with E-state index in [0.717, 1.165) is 22.6 Å². The molecule has 3 heteroatoms. The number of hydrogen-bond acceptors (Lipinski definition) is 3. The van der Waals surface area contributed by atoms with E-state index in [9.17, 15) is 0 Å². The molecular weight excluding hydrogens is 250 g/mol. The number of hydrogen-bond donors (Lipinski definition) is 0. The highest BCUT2D eigenvalue weighted by molar-refractivity contribution is 5.28. The fraction of sp³-hybridized carbons (Fsp3) is 0.294. The van der Waals surface area contributed by atoms with Gasteiger partial charge in [-0.1, -0.05) is 24.3 Å². The molecule has 0 fully saturated rings. The lowest BCUT2D eigenvalue weighted by atomic mass is 10.1. The van der Waals surface area contributed by atoms with Gasteiger partial charge in [-0.15, -0.1) is 0 Å². The minimum atomic E-state index is -1.02. The molecule has 0 aliphatic rings. The van der Waals surface area contributed by atoms with Crippen LogP contribution in [0.2, 0.25) is 0 Å². The summed E-state index contributed by atoms with van der Waals surface area (Å²) in [4.78, 5) is 1.78. The monoisotopic (exact) mass is 273 g/mol. The molecule has 0 saturated carbocycles. The van der Waals surface area contributed by atoms with Gasteiger partial charge in [0.25, 0.3) is 0 Å². The molecule has 0 radical (unpaired) electrons. The molecule has 20 heavy (non-hydrogen) atoms. The summed E-state index contributed by atoms with van der Waals surface area (Å²) in [6.45, 7) is 0.0747. The molecule has 0 unspecified atom stereocenters. The summed E-state index contributed by atoms with van der Waals surface area (Å²) in [6, 6.07) is 15.4. The van der Waals surface area contributed by atoms with Gasteiger partial charge in [-0.25, -0.2) is 0 Å². The van der Waals surface area contributed by atoms with Crippen LogP contribution in [0.1, 0.15) is 13.9 Å². The summed E-state index contributed by atoms with van der Waals surface area (Å²) in [7, 11) is 3.27. The van der Waals surface area contributed by atoms with E-state index in [4.69, 9.17) is 12.2 Å². The zero-order valence-corrected chi connectivity index (χ0v) is 11.9. The Morgan fingerprint density at radius 3 is 1.50 bits per heavy atom. The fourth-order valence-electron chi connectivity index (χ4n) is 1.99. The Kier molecular flexibility index (Phi) is 4.11. The van der Waals surface area contributed by atoms with Crippen molar-refractivity contribution in [1.29, 1.82) is 0 Å². The standard InChI is InChI=1S/C17H21NO2/c1-18(12-14-4-8-16(19-2)9-5-14)13-15-6-10-17(20-3)11-7-15/h4-11H,12-13H2,1-3H3/i1D2. The van der Waals surface area contributed by atoms with Crippen molar-refractivity contribution in [2.24, 2.45) is 0 Å². The van der Waals surface area contributed by atoms with E-state index in [1.54, 1.807) is 19.1 Å². The van der Waals surface area contributed by atoms with Gasteiger partial charge in [0.15, 0.2) is 0 Å². The van der Waals surface area contributed by atoms with Gasteiger partial charge in [0, 0.05) is 15.8 Å². The van der Waals surface area contributed by atoms with Crippen LogP contribution >= 0.6 is 0 Å². The maximum Gasteiger partial charge on any atom is 0.118 e. The van der Waals surface area contributed by atoms with Crippen molar-refractivity contribution >= 4 is 0 Å².